The lowest BCUT2D eigenvalue weighted by molar-refractivity contribution is 0.131. The van der Waals surface area contributed by atoms with E-state index in [9.17, 15) is 0 Å². The summed E-state index contributed by atoms with van der Waals surface area (Å²) in [6.45, 7) is 9.14. The lowest BCUT2D eigenvalue weighted by Crippen LogP contribution is -2.43. The highest BCUT2D eigenvalue weighted by Gasteiger charge is 2.16. The minimum absolute atomic E-state index is 0.953. The minimum Gasteiger partial charge on any atom is -0.295 e. The van der Waals surface area contributed by atoms with Crippen molar-refractivity contribution in [3.8, 4) is 5.69 Å². The Morgan fingerprint density at radius 1 is 0.893 bits per heavy atom. The number of aromatic nitrogens is 2. The van der Waals surface area contributed by atoms with Gasteiger partial charge in [0.15, 0.2) is 0 Å². The number of nitrogens with zero attached hydrogens (tertiary/aromatic N) is 5. The van der Waals surface area contributed by atoms with Gasteiger partial charge in [0.05, 0.1) is 23.3 Å². The fourth-order valence-electron chi connectivity index (χ4n) is 3.65. The van der Waals surface area contributed by atoms with Crippen LogP contribution in [-0.2, 0) is 6.54 Å². The van der Waals surface area contributed by atoms with Crippen LogP contribution in [0.15, 0.2) is 65.8 Å². The van der Waals surface area contributed by atoms with Gasteiger partial charge in [-0.3, -0.25) is 9.91 Å². The molecule has 5 nitrogen and oxygen atoms in total. The molecule has 1 fully saturated rings. The monoisotopic (exact) mass is 373 g/mol. The molecule has 0 unspecified atom stereocenters. The predicted octanol–water partition coefficient (Wildman–Crippen LogP) is 3.64. The first kappa shape index (κ1) is 18.4. The summed E-state index contributed by atoms with van der Waals surface area (Å²) in [6, 6.07) is 20.9. The number of hydrazone groups is 1. The number of hydrogen-bond donors (Lipinski definition) is 0. The number of hydrogen-bond acceptors (Lipinski definition) is 4. The Balaban J connectivity index is 1.38. The molecule has 5 heteroatoms. The predicted molar refractivity (Wildman–Crippen MR) is 114 cm³/mol. The van der Waals surface area contributed by atoms with Gasteiger partial charge in [-0.05, 0) is 31.5 Å². The highest BCUT2D eigenvalue weighted by atomic mass is 15.5. The van der Waals surface area contributed by atoms with Crippen LogP contribution in [0.25, 0.3) is 5.69 Å². The third kappa shape index (κ3) is 4.15. The van der Waals surface area contributed by atoms with Crippen molar-refractivity contribution in [3.05, 3.63) is 83.2 Å². The zero-order valence-electron chi connectivity index (χ0n) is 16.6. The maximum absolute atomic E-state index is 4.75. The summed E-state index contributed by atoms with van der Waals surface area (Å²) in [6.07, 6.45) is 1.98. The van der Waals surface area contributed by atoms with Gasteiger partial charge in [0.25, 0.3) is 0 Å². The Morgan fingerprint density at radius 2 is 1.54 bits per heavy atom. The molecule has 3 aromatic rings. The quantitative estimate of drug-likeness (QED) is 0.641. The van der Waals surface area contributed by atoms with Crippen LogP contribution in [-0.4, -0.2) is 52.1 Å². The van der Waals surface area contributed by atoms with Gasteiger partial charge in [-0.2, -0.15) is 10.2 Å². The molecule has 1 saturated heterocycles. The van der Waals surface area contributed by atoms with Crippen LogP contribution in [0.5, 0.6) is 0 Å². The molecule has 0 atom stereocenters. The summed E-state index contributed by atoms with van der Waals surface area (Å²) in [7, 11) is 0. The first-order valence-electron chi connectivity index (χ1n) is 9.87. The van der Waals surface area contributed by atoms with Gasteiger partial charge in [0, 0.05) is 38.3 Å². The number of aryl methyl sites for hydroxylation is 1. The van der Waals surface area contributed by atoms with Crippen molar-refractivity contribution in [1.29, 1.82) is 0 Å². The van der Waals surface area contributed by atoms with E-state index in [1.165, 1.54) is 5.56 Å². The van der Waals surface area contributed by atoms with Crippen molar-refractivity contribution in [2.24, 2.45) is 5.10 Å². The summed E-state index contributed by atoms with van der Waals surface area (Å²) >= 11 is 0. The van der Waals surface area contributed by atoms with Gasteiger partial charge in [-0.15, -0.1) is 0 Å². The second-order valence-electron chi connectivity index (χ2n) is 7.29. The number of rotatable bonds is 5. The van der Waals surface area contributed by atoms with Gasteiger partial charge in [0.2, 0.25) is 0 Å². The summed E-state index contributed by atoms with van der Waals surface area (Å²) < 4.78 is 1.99. The average molecular weight is 374 g/mol. The molecule has 1 aliphatic rings. The summed E-state index contributed by atoms with van der Waals surface area (Å²) in [5, 5.41) is 11.6. The average Bonchev–Trinajstić information content (AvgIpc) is 3.02. The summed E-state index contributed by atoms with van der Waals surface area (Å²) in [5.41, 5.74) is 5.69. The molecule has 0 spiro atoms. The molecule has 0 radical (unpaired) electrons. The fraction of sp³-hybridized carbons (Fsp3) is 0.304. The van der Waals surface area contributed by atoms with Gasteiger partial charge >= 0.3 is 0 Å². The van der Waals surface area contributed by atoms with Crippen molar-refractivity contribution in [2.45, 2.75) is 20.4 Å². The molecule has 0 N–H and O–H groups in total. The SMILES string of the molecule is Cc1nn(-c2ccccc2)c(C)c1C=NN1CCN(Cc2ccccc2)CC1. The minimum atomic E-state index is 0.953. The number of piperazine rings is 1. The van der Waals surface area contributed by atoms with E-state index in [-0.39, 0.29) is 0 Å². The standard InChI is InChI=1S/C23H27N5/c1-19-23(20(2)28(25-19)22-11-7-4-8-12-22)17-24-27-15-13-26(14-16-27)18-21-9-5-3-6-10-21/h3-12,17H,13-16,18H2,1-2H3. The molecule has 0 aliphatic carbocycles. The van der Waals surface area contributed by atoms with E-state index in [1.807, 2.05) is 36.0 Å². The Morgan fingerprint density at radius 3 is 2.21 bits per heavy atom. The molecule has 2 aromatic carbocycles. The first-order chi connectivity index (χ1) is 13.7. The van der Waals surface area contributed by atoms with Crippen LogP contribution in [0.4, 0.5) is 0 Å². The van der Waals surface area contributed by atoms with Crippen LogP contribution in [0, 0.1) is 13.8 Å². The Hall–Kier alpha value is -2.92. The second kappa shape index (κ2) is 8.40. The topological polar surface area (TPSA) is 36.7 Å². The van der Waals surface area contributed by atoms with Gasteiger partial charge in [0.1, 0.15) is 0 Å². The maximum Gasteiger partial charge on any atom is 0.0689 e. The number of para-hydroxylation sites is 1. The van der Waals surface area contributed by atoms with Crippen molar-refractivity contribution in [1.82, 2.24) is 19.7 Å². The molecule has 0 bridgehead atoms. The Bertz CT molecular complexity index is 922. The van der Waals surface area contributed by atoms with E-state index in [2.05, 4.69) is 59.3 Å². The zero-order chi connectivity index (χ0) is 19.3. The van der Waals surface area contributed by atoms with Crippen molar-refractivity contribution in [2.75, 3.05) is 26.2 Å². The van der Waals surface area contributed by atoms with Gasteiger partial charge in [-0.25, -0.2) is 4.68 Å². The van der Waals surface area contributed by atoms with E-state index < -0.39 is 0 Å². The smallest absolute Gasteiger partial charge is 0.0689 e. The van der Waals surface area contributed by atoms with Crippen molar-refractivity contribution >= 4 is 6.21 Å². The third-order valence-electron chi connectivity index (χ3n) is 5.30. The fourth-order valence-corrected chi connectivity index (χ4v) is 3.65. The molecular formula is C23H27N5. The van der Waals surface area contributed by atoms with E-state index in [0.29, 0.717) is 0 Å². The van der Waals surface area contributed by atoms with Gasteiger partial charge < -0.3 is 0 Å². The molecule has 1 aromatic heterocycles. The first-order valence-corrected chi connectivity index (χ1v) is 9.87. The highest BCUT2D eigenvalue weighted by Crippen LogP contribution is 2.16. The molecule has 144 valence electrons. The van der Waals surface area contributed by atoms with Crippen LogP contribution >= 0.6 is 0 Å². The van der Waals surface area contributed by atoms with E-state index in [1.54, 1.807) is 0 Å². The lowest BCUT2D eigenvalue weighted by Gasteiger charge is -2.33. The van der Waals surface area contributed by atoms with Crippen molar-refractivity contribution < 1.29 is 0 Å². The maximum atomic E-state index is 4.75. The molecular weight excluding hydrogens is 346 g/mol. The van der Waals surface area contributed by atoms with Gasteiger partial charge in [-0.1, -0.05) is 48.5 Å². The second-order valence-corrected chi connectivity index (χ2v) is 7.29. The van der Waals surface area contributed by atoms with Crippen LogP contribution in [0.3, 0.4) is 0 Å². The Kier molecular flexibility index (Phi) is 5.53. The molecule has 28 heavy (non-hydrogen) atoms. The lowest BCUT2D eigenvalue weighted by atomic mass is 10.2. The third-order valence-corrected chi connectivity index (χ3v) is 5.30. The highest BCUT2D eigenvalue weighted by molar-refractivity contribution is 5.82. The zero-order valence-corrected chi connectivity index (χ0v) is 16.6. The number of benzene rings is 2. The largest absolute Gasteiger partial charge is 0.295 e. The van der Waals surface area contributed by atoms with Crippen molar-refractivity contribution in [3.63, 3.8) is 0 Å². The summed E-state index contributed by atoms with van der Waals surface area (Å²) in [5.74, 6) is 0. The van der Waals surface area contributed by atoms with Crippen LogP contribution in [0.1, 0.15) is 22.5 Å². The van der Waals surface area contributed by atoms with Crippen LogP contribution in [0.2, 0.25) is 0 Å². The molecule has 1 aliphatic heterocycles. The summed E-state index contributed by atoms with van der Waals surface area (Å²) in [4.78, 5) is 2.49. The van der Waals surface area contributed by atoms with E-state index in [0.717, 1.165) is 55.4 Å². The van der Waals surface area contributed by atoms with E-state index in [4.69, 9.17) is 10.2 Å². The Labute approximate surface area is 166 Å². The normalized spacial score (nSPS) is 15.4. The molecule has 0 saturated carbocycles. The molecule has 2 heterocycles. The molecule has 4 rings (SSSR count). The van der Waals surface area contributed by atoms with E-state index >= 15 is 0 Å². The molecule has 0 amide bonds. The van der Waals surface area contributed by atoms with Crippen LogP contribution < -0.4 is 0 Å².